The van der Waals surface area contributed by atoms with Crippen LogP contribution in [0, 0.1) is 0 Å². The molecule has 1 N–H and O–H groups in total. The van der Waals surface area contributed by atoms with Crippen LogP contribution in [0.3, 0.4) is 0 Å². The van der Waals surface area contributed by atoms with Crippen LogP contribution in [-0.4, -0.2) is 13.0 Å². The normalized spacial score (nSPS) is 15.9. The lowest BCUT2D eigenvalue weighted by molar-refractivity contribution is 0.472. The molecule has 1 aliphatic rings. The maximum Gasteiger partial charge on any atom is 0.271 e. The third kappa shape index (κ3) is 1.71. The Morgan fingerprint density at radius 2 is 2.07 bits per heavy atom. The Hall–Kier alpha value is -1.47. The van der Waals surface area contributed by atoms with Crippen LogP contribution in [-0.2, 0) is 10.1 Å². The Labute approximate surface area is 86.1 Å². The predicted molar refractivity (Wildman–Crippen MR) is 50.9 cm³/mol. The quantitative estimate of drug-likeness (QED) is 0.677. The Morgan fingerprint density at radius 1 is 1.33 bits per heavy atom. The van der Waals surface area contributed by atoms with Gasteiger partial charge in [-0.15, -0.1) is 10.2 Å². The molecule has 1 unspecified atom stereocenters. The fraction of sp³-hybridized carbons (Fsp3) is 0.250. The smallest absolute Gasteiger partial charge is 0.271 e. The maximum absolute atomic E-state index is 11.0. The summed E-state index contributed by atoms with van der Waals surface area (Å²) in [5.74, 6) is 0. The molecule has 7 heteroatoms. The van der Waals surface area contributed by atoms with Crippen LogP contribution in [0.25, 0.3) is 0 Å². The van der Waals surface area contributed by atoms with Gasteiger partial charge in [-0.1, -0.05) is 12.1 Å². The monoisotopic (exact) mass is 226 g/mol. The van der Waals surface area contributed by atoms with E-state index in [2.05, 4.69) is 15.7 Å². The first-order valence-electron chi connectivity index (χ1n) is 4.21. The van der Waals surface area contributed by atoms with Gasteiger partial charge in [0.25, 0.3) is 10.1 Å². The zero-order chi connectivity index (χ0) is 11.1. The highest BCUT2D eigenvalue weighted by Crippen LogP contribution is 2.16. The maximum atomic E-state index is 11.0. The van der Waals surface area contributed by atoms with Gasteiger partial charge in [-0.2, -0.15) is 8.42 Å². The van der Waals surface area contributed by atoms with Gasteiger partial charge in [0, 0.05) is 5.56 Å². The fourth-order valence-corrected chi connectivity index (χ4v) is 1.85. The Balaban J connectivity index is 2.68. The number of rotatable bonds is 2. The molecule has 1 radical (unpaired) electrons. The summed E-state index contributed by atoms with van der Waals surface area (Å²) in [5.41, 5.74) is 3.85. The van der Waals surface area contributed by atoms with Crippen LogP contribution in [0.4, 0.5) is 0 Å². The molecule has 1 aliphatic heterocycles. The standard InChI is InChI=1S/C8H8N3O3S/c1-5(15(12,13)14)6-3-2-4-7-8(6)10-11-9-7/h2-5H,1H3,(H,12,13,14). The van der Waals surface area contributed by atoms with E-state index in [0.29, 0.717) is 16.3 Å². The molecule has 0 amide bonds. The van der Waals surface area contributed by atoms with E-state index < -0.39 is 15.4 Å². The van der Waals surface area contributed by atoms with Gasteiger partial charge < -0.3 is 0 Å². The molecule has 1 atom stereocenters. The van der Waals surface area contributed by atoms with Gasteiger partial charge in [0.15, 0.2) is 0 Å². The minimum absolute atomic E-state index is 0.403. The van der Waals surface area contributed by atoms with Crippen molar-refractivity contribution in [3.8, 4) is 0 Å². The van der Waals surface area contributed by atoms with E-state index in [1.165, 1.54) is 6.92 Å². The van der Waals surface area contributed by atoms with E-state index in [0.717, 1.165) is 0 Å². The molecule has 1 heterocycles. The highest BCUT2D eigenvalue weighted by Gasteiger charge is 2.22. The summed E-state index contributed by atoms with van der Waals surface area (Å²) >= 11 is 0. The highest BCUT2D eigenvalue weighted by molar-refractivity contribution is 7.86. The first kappa shape index (κ1) is 10.1. The van der Waals surface area contributed by atoms with Crippen molar-refractivity contribution in [2.75, 3.05) is 0 Å². The molecule has 0 saturated carbocycles. The topological polar surface area (TPSA) is 93.2 Å². The molecule has 1 aromatic carbocycles. The Kier molecular flexibility index (Phi) is 2.20. The number of hydrogen-bond acceptors (Lipinski definition) is 4. The van der Waals surface area contributed by atoms with Crippen molar-refractivity contribution in [1.29, 1.82) is 0 Å². The van der Waals surface area contributed by atoms with Gasteiger partial charge in [0.1, 0.15) is 16.0 Å². The summed E-state index contributed by atoms with van der Waals surface area (Å²) in [6.45, 7) is 1.39. The summed E-state index contributed by atoms with van der Waals surface area (Å²) < 4.78 is 30.9. The van der Waals surface area contributed by atoms with Crippen molar-refractivity contribution in [1.82, 2.24) is 5.53 Å². The van der Waals surface area contributed by atoms with Gasteiger partial charge in [0.2, 0.25) is 0 Å². The average molecular weight is 226 g/mol. The molecule has 0 saturated heterocycles. The van der Waals surface area contributed by atoms with Crippen molar-refractivity contribution >= 4 is 10.1 Å². The molecule has 6 nitrogen and oxygen atoms in total. The highest BCUT2D eigenvalue weighted by atomic mass is 32.2. The van der Waals surface area contributed by atoms with Crippen molar-refractivity contribution in [3.63, 3.8) is 0 Å². The number of hydrogen-bond donors (Lipinski definition) is 1. The first-order chi connectivity index (χ1) is 7.00. The molecule has 0 aromatic heterocycles. The lowest BCUT2D eigenvalue weighted by atomic mass is 10.1. The van der Waals surface area contributed by atoms with Crippen LogP contribution in [0.1, 0.15) is 17.7 Å². The van der Waals surface area contributed by atoms with Crippen molar-refractivity contribution in [2.24, 2.45) is 10.2 Å². The largest absolute Gasteiger partial charge is 0.285 e. The zero-order valence-electron chi connectivity index (χ0n) is 7.82. The molecule has 2 rings (SSSR count). The lowest BCUT2D eigenvalue weighted by Gasteiger charge is -2.06. The molecule has 1 aromatic rings. The van der Waals surface area contributed by atoms with Crippen molar-refractivity contribution in [2.45, 2.75) is 12.2 Å². The van der Waals surface area contributed by atoms with E-state index in [1.54, 1.807) is 18.2 Å². The van der Waals surface area contributed by atoms with Gasteiger partial charge in [0.05, 0.1) is 0 Å². The van der Waals surface area contributed by atoms with Gasteiger partial charge in [-0.3, -0.25) is 4.55 Å². The first-order valence-corrected chi connectivity index (χ1v) is 5.71. The second-order valence-electron chi connectivity index (χ2n) is 3.16. The van der Waals surface area contributed by atoms with E-state index in [-0.39, 0.29) is 0 Å². The number of fused-ring (bicyclic) bond motifs is 1. The summed E-state index contributed by atoms with van der Waals surface area (Å²) in [4.78, 5) is 0. The van der Waals surface area contributed by atoms with Gasteiger partial charge >= 0.3 is 0 Å². The molecule has 0 aliphatic carbocycles. The molecule has 0 bridgehead atoms. The molecule has 0 fully saturated rings. The minimum Gasteiger partial charge on any atom is -0.285 e. The molecule has 79 valence electrons. The second kappa shape index (κ2) is 3.28. The second-order valence-corrected chi connectivity index (χ2v) is 4.90. The molecular weight excluding hydrogens is 218 g/mol. The van der Waals surface area contributed by atoms with E-state index >= 15 is 0 Å². The van der Waals surface area contributed by atoms with Crippen LogP contribution >= 0.6 is 0 Å². The summed E-state index contributed by atoms with van der Waals surface area (Å²) in [6.07, 6.45) is 0. The third-order valence-corrected chi connectivity index (χ3v) is 3.38. The van der Waals surface area contributed by atoms with E-state index in [4.69, 9.17) is 4.55 Å². The summed E-state index contributed by atoms with van der Waals surface area (Å²) in [7, 11) is -4.12. The minimum atomic E-state index is -4.12. The fourth-order valence-electron chi connectivity index (χ4n) is 1.34. The van der Waals surface area contributed by atoms with Crippen LogP contribution < -0.4 is 16.2 Å². The Morgan fingerprint density at radius 3 is 2.73 bits per heavy atom. The predicted octanol–water partition coefficient (Wildman–Crippen LogP) is -0.677. The van der Waals surface area contributed by atoms with Crippen LogP contribution in [0.15, 0.2) is 28.4 Å². The zero-order valence-corrected chi connectivity index (χ0v) is 8.64. The van der Waals surface area contributed by atoms with Crippen molar-refractivity contribution in [3.05, 3.63) is 34.5 Å². The van der Waals surface area contributed by atoms with E-state index in [1.807, 2.05) is 0 Å². The van der Waals surface area contributed by atoms with Gasteiger partial charge in [-0.05, 0) is 18.5 Å². The van der Waals surface area contributed by atoms with Gasteiger partial charge in [-0.25, -0.2) is 0 Å². The third-order valence-electron chi connectivity index (χ3n) is 2.23. The molecular formula is C8H8N3O3S. The van der Waals surface area contributed by atoms with Crippen LogP contribution in [0.5, 0.6) is 0 Å². The van der Waals surface area contributed by atoms with E-state index in [9.17, 15) is 8.42 Å². The van der Waals surface area contributed by atoms with Crippen LogP contribution in [0.2, 0.25) is 0 Å². The number of nitrogens with zero attached hydrogens (tertiary/aromatic N) is 3. The summed E-state index contributed by atoms with van der Waals surface area (Å²) in [5, 5.41) is 7.32. The number of benzene rings is 1. The molecule has 0 spiro atoms. The lowest BCUT2D eigenvalue weighted by Crippen LogP contribution is -2.28. The average Bonchev–Trinajstić information content (AvgIpc) is 2.62. The SMILES string of the molecule is CC(c1cccc2c1=N[N]N=2)S(=O)(=O)O. The summed E-state index contributed by atoms with van der Waals surface area (Å²) in [6, 6.07) is 4.91. The molecule has 15 heavy (non-hydrogen) atoms. The van der Waals surface area contributed by atoms with Crippen molar-refractivity contribution < 1.29 is 13.0 Å². The Bertz CT molecular complexity index is 609.